The van der Waals surface area contributed by atoms with E-state index in [9.17, 15) is 4.79 Å². The topological polar surface area (TPSA) is 38.1 Å². The quantitative estimate of drug-likeness (QED) is 0.666. The highest BCUT2D eigenvalue weighted by atomic mass is 35.5. The van der Waals surface area contributed by atoms with Crippen LogP contribution in [-0.4, -0.2) is 33.7 Å². The van der Waals surface area contributed by atoms with Crippen molar-refractivity contribution in [2.75, 3.05) is 13.1 Å². The number of carbonyl (C=O) groups excluding carboxylic acids is 1. The van der Waals surface area contributed by atoms with Gasteiger partial charge in [-0.3, -0.25) is 4.79 Å². The maximum Gasteiger partial charge on any atom is 0.264 e. The molecule has 2 aromatic heterocycles. The van der Waals surface area contributed by atoms with Crippen LogP contribution in [0.3, 0.4) is 0 Å². The normalized spacial score (nSPS) is 15.2. The number of aromatic nitrogens is 2. The van der Waals surface area contributed by atoms with Gasteiger partial charge in [-0.15, -0.1) is 11.3 Å². The molecule has 1 fully saturated rings. The number of rotatable bonds is 2. The van der Waals surface area contributed by atoms with Gasteiger partial charge in [0.15, 0.2) is 0 Å². The number of fused-ring (bicyclic) bond motifs is 1. The van der Waals surface area contributed by atoms with E-state index in [1.165, 1.54) is 17.8 Å². The Balaban J connectivity index is 1.77. The molecule has 124 valence electrons. The molecule has 0 radical (unpaired) electrons. The van der Waals surface area contributed by atoms with Crippen LogP contribution >= 0.6 is 22.9 Å². The lowest BCUT2D eigenvalue weighted by molar-refractivity contribution is 0.0729. The van der Waals surface area contributed by atoms with E-state index in [1.54, 1.807) is 0 Å². The Morgan fingerprint density at radius 2 is 1.96 bits per heavy atom. The van der Waals surface area contributed by atoms with Gasteiger partial charge in [0.2, 0.25) is 0 Å². The van der Waals surface area contributed by atoms with E-state index >= 15 is 0 Å². The van der Waals surface area contributed by atoms with Crippen LogP contribution in [0.2, 0.25) is 5.02 Å². The van der Waals surface area contributed by atoms with Gasteiger partial charge in [-0.2, -0.15) is 5.10 Å². The Hall–Kier alpha value is -1.85. The molecular formula is C18H18ClN3OS. The van der Waals surface area contributed by atoms with Gasteiger partial charge in [-0.05, 0) is 44.4 Å². The lowest BCUT2D eigenvalue weighted by atomic mass is 10.1. The van der Waals surface area contributed by atoms with Crippen molar-refractivity contribution in [3.05, 3.63) is 45.9 Å². The van der Waals surface area contributed by atoms with Gasteiger partial charge in [0.25, 0.3) is 5.91 Å². The van der Waals surface area contributed by atoms with Crippen LogP contribution < -0.4 is 0 Å². The van der Waals surface area contributed by atoms with Crippen LogP contribution in [0, 0.1) is 6.92 Å². The van der Waals surface area contributed by atoms with Gasteiger partial charge in [-0.1, -0.05) is 23.7 Å². The molecular weight excluding hydrogens is 342 g/mol. The van der Waals surface area contributed by atoms with Gasteiger partial charge >= 0.3 is 0 Å². The highest BCUT2D eigenvalue weighted by molar-refractivity contribution is 7.20. The van der Waals surface area contributed by atoms with E-state index in [-0.39, 0.29) is 5.91 Å². The summed E-state index contributed by atoms with van der Waals surface area (Å²) in [6.45, 7) is 3.70. The summed E-state index contributed by atoms with van der Waals surface area (Å²) in [5, 5.41) is 6.29. The molecule has 6 heteroatoms. The zero-order valence-corrected chi connectivity index (χ0v) is 15.0. The molecule has 4 rings (SSSR count). The number of amides is 1. The monoisotopic (exact) mass is 359 g/mol. The van der Waals surface area contributed by atoms with Crippen molar-refractivity contribution >= 4 is 39.1 Å². The number of halogens is 1. The van der Waals surface area contributed by atoms with Gasteiger partial charge in [0.05, 0.1) is 21.3 Å². The number of carbonyl (C=O) groups is 1. The zero-order chi connectivity index (χ0) is 16.7. The molecule has 1 aromatic carbocycles. The molecule has 0 saturated carbocycles. The van der Waals surface area contributed by atoms with Crippen molar-refractivity contribution in [1.82, 2.24) is 14.7 Å². The first kappa shape index (κ1) is 15.7. The second kappa shape index (κ2) is 6.22. The minimum Gasteiger partial charge on any atom is -0.338 e. The number of hydrogen-bond acceptors (Lipinski definition) is 3. The fourth-order valence-electron chi connectivity index (χ4n) is 3.19. The molecule has 24 heavy (non-hydrogen) atoms. The fourth-order valence-corrected chi connectivity index (χ4v) is 4.55. The zero-order valence-electron chi connectivity index (χ0n) is 13.5. The van der Waals surface area contributed by atoms with Gasteiger partial charge in [-0.25, -0.2) is 4.68 Å². The molecule has 1 amide bonds. The summed E-state index contributed by atoms with van der Waals surface area (Å²) in [7, 11) is 0. The first-order chi connectivity index (χ1) is 11.6. The third-order valence-electron chi connectivity index (χ3n) is 4.48. The maximum absolute atomic E-state index is 12.8. The number of likely N-dealkylation sites (tertiary alicyclic amines) is 1. The summed E-state index contributed by atoms with van der Waals surface area (Å²) in [5.74, 6) is 0.140. The van der Waals surface area contributed by atoms with Crippen LogP contribution in [0.4, 0.5) is 0 Å². The fraction of sp³-hybridized carbons (Fsp3) is 0.333. The van der Waals surface area contributed by atoms with E-state index in [4.69, 9.17) is 11.6 Å². The third-order valence-corrected chi connectivity index (χ3v) is 5.90. The summed E-state index contributed by atoms with van der Waals surface area (Å²) < 4.78 is 1.85. The maximum atomic E-state index is 12.8. The molecule has 0 N–H and O–H groups in total. The molecule has 0 atom stereocenters. The molecule has 1 aliphatic heterocycles. The second-order valence-electron chi connectivity index (χ2n) is 6.13. The number of hydrogen-bond donors (Lipinski definition) is 0. The van der Waals surface area contributed by atoms with Crippen molar-refractivity contribution in [3.63, 3.8) is 0 Å². The SMILES string of the molecule is Cc1nn(-c2ccccc2Cl)c2sc(C(=O)N3CCCCC3)cc12. The number of aryl methyl sites for hydroxylation is 1. The van der Waals surface area contributed by atoms with Crippen LogP contribution in [-0.2, 0) is 0 Å². The van der Waals surface area contributed by atoms with Gasteiger partial charge < -0.3 is 4.90 Å². The van der Waals surface area contributed by atoms with Crippen molar-refractivity contribution in [3.8, 4) is 5.69 Å². The highest BCUT2D eigenvalue weighted by Gasteiger charge is 2.23. The minimum atomic E-state index is 0.140. The Morgan fingerprint density at radius 3 is 2.71 bits per heavy atom. The van der Waals surface area contributed by atoms with Gasteiger partial charge in [0, 0.05) is 18.5 Å². The van der Waals surface area contributed by atoms with E-state index in [1.807, 2.05) is 46.8 Å². The Bertz CT molecular complexity index is 908. The molecule has 0 bridgehead atoms. The Labute approximate surface area is 149 Å². The summed E-state index contributed by atoms with van der Waals surface area (Å²) in [6.07, 6.45) is 3.42. The number of thiophene rings is 1. The van der Waals surface area contributed by atoms with Crippen LogP contribution in [0.15, 0.2) is 30.3 Å². The molecule has 3 heterocycles. The van der Waals surface area contributed by atoms with Crippen LogP contribution in [0.1, 0.15) is 34.6 Å². The van der Waals surface area contributed by atoms with Crippen molar-refractivity contribution in [1.29, 1.82) is 0 Å². The number of piperidine rings is 1. The minimum absolute atomic E-state index is 0.140. The first-order valence-corrected chi connectivity index (χ1v) is 9.38. The third kappa shape index (κ3) is 2.62. The molecule has 0 aliphatic carbocycles. The molecule has 0 unspecified atom stereocenters. The average molecular weight is 360 g/mol. The standard InChI is InChI=1S/C18H18ClN3OS/c1-12-13-11-16(17(23)21-9-5-2-6-10-21)24-18(13)22(20-12)15-8-4-3-7-14(15)19/h3-4,7-8,11H,2,5-6,9-10H2,1H3. The predicted molar refractivity (Wildman–Crippen MR) is 98.4 cm³/mol. The molecule has 1 aliphatic rings. The van der Waals surface area contributed by atoms with Crippen molar-refractivity contribution in [2.45, 2.75) is 26.2 Å². The van der Waals surface area contributed by atoms with E-state index in [2.05, 4.69) is 5.10 Å². The first-order valence-electron chi connectivity index (χ1n) is 8.18. The smallest absolute Gasteiger partial charge is 0.264 e. The average Bonchev–Trinajstić information content (AvgIpc) is 3.17. The number of para-hydroxylation sites is 1. The van der Waals surface area contributed by atoms with Gasteiger partial charge in [0.1, 0.15) is 4.83 Å². The van der Waals surface area contributed by atoms with E-state index < -0.39 is 0 Å². The van der Waals surface area contributed by atoms with E-state index in [0.29, 0.717) is 5.02 Å². The second-order valence-corrected chi connectivity index (χ2v) is 7.57. The molecule has 3 aromatic rings. The highest BCUT2D eigenvalue weighted by Crippen LogP contribution is 2.33. The predicted octanol–water partition coefficient (Wildman–Crippen LogP) is 4.67. The number of benzene rings is 1. The summed E-state index contributed by atoms with van der Waals surface area (Å²) in [6, 6.07) is 9.62. The Morgan fingerprint density at radius 1 is 1.21 bits per heavy atom. The largest absolute Gasteiger partial charge is 0.338 e. The van der Waals surface area contributed by atoms with E-state index in [0.717, 1.165) is 52.4 Å². The summed E-state index contributed by atoms with van der Waals surface area (Å²) >= 11 is 7.83. The van der Waals surface area contributed by atoms with Crippen molar-refractivity contribution in [2.24, 2.45) is 0 Å². The molecule has 1 saturated heterocycles. The molecule has 4 nitrogen and oxygen atoms in total. The number of nitrogens with zero attached hydrogens (tertiary/aromatic N) is 3. The summed E-state index contributed by atoms with van der Waals surface area (Å²) in [4.78, 5) is 16.5. The van der Waals surface area contributed by atoms with Crippen LogP contribution in [0.25, 0.3) is 15.9 Å². The molecule has 0 spiro atoms. The van der Waals surface area contributed by atoms with Crippen molar-refractivity contribution < 1.29 is 4.79 Å². The lowest BCUT2D eigenvalue weighted by Crippen LogP contribution is -2.35. The Kier molecular flexibility index (Phi) is 4.06. The lowest BCUT2D eigenvalue weighted by Gasteiger charge is -2.26. The summed E-state index contributed by atoms with van der Waals surface area (Å²) in [5.41, 5.74) is 1.76. The van der Waals surface area contributed by atoms with Crippen LogP contribution in [0.5, 0.6) is 0 Å².